The van der Waals surface area contributed by atoms with E-state index in [1.54, 1.807) is 19.2 Å². The highest BCUT2D eigenvalue weighted by Gasteiger charge is 2.11. The molecule has 2 rings (SSSR count). The van der Waals surface area contributed by atoms with Crippen LogP contribution in [-0.4, -0.2) is 15.2 Å². The van der Waals surface area contributed by atoms with Crippen molar-refractivity contribution in [3.63, 3.8) is 0 Å². The minimum absolute atomic E-state index is 0.0763. The van der Waals surface area contributed by atoms with Gasteiger partial charge in [0.2, 0.25) is 0 Å². The second kappa shape index (κ2) is 6.98. The van der Waals surface area contributed by atoms with Gasteiger partial charge in [0.25, 0.3) is 0 Å². The molecular formula is C15H16BrFN2O2. The molecule has 0 bridgehead atoms. The molecule has 3 N–H and O–H groups in total. The molecule has 0 aliphatic rings. The summed E-state index contributed by atoms with van der Waals surface area (Å²) in [7, 11) is 0. The number of nitrogens with zero attached hydrogens (tertiary/aromatic N) is 1. The maximum absolute atomic E-state index is 13.2. The maximum Gasteiger partial charge on any atom is 0.141 e. The summed E-state index contributed by atoms with van der Waals surface area (Å²) in [5.41, 5.74) is 2.48. The van der Waals surface area contributed by atoms with E-state index in [0.29, 0.717) is 29.9 Å². The summed E-state index contributed by atoms with van der Waals surface area (Å²) in [4.78, 5) is 4.01. The summed E-state index contributed by atoms with van der Waals surface area (Å²) < 4.78 is 14.0. The van der Waals surface area contributed by atoms with Crippen LogP contribution < -0.4 is 5.32 Å². The third-order valence-corrected chi connectivity index (χ3v) is 4.00. The Morgan fingerprint density at radius 2 is 2.05 bits per heavy atom. The van der Waals surface area contributed by atoms with Gasteiger partial charge in [-0.15, -0.1) is 0 Å². The quantitative estimate of drug-likeness (QED) is 0.772. The van der Waals surface area contributed by atoms with Crippen molar-refractivity contribution in [1.82, 2.24) is 10.3 Å². The Morgan fingerprint density at radius 1 is 1.29 bits per heavy atom. The first kappa shape index (κ1) is 15.9. The highest BCUT2D eigenvalue weighted by atomic mass is 79.9. The highest BCUT2D eigenvalue weighted by Crippen LogP contribution is 2.24. The summed E-state index contributed by atoms with van der Waals surface area (Å²) >= 11 is 3.37. The molecule has 4 nitrogen and oxygen atoms in total. The smallest absolute Gasteiger partial charge is 0.141 e. The number of rotatable bonds is 5. The Morgan fingerprint density at radius 3 is 2.76 bits per heavy atom. The number of benzene rings is 1. The molecule has 1 heterocycles. The van der Waals surface area contributed by atoms with E-state index in [4.69, 9.17) is 0 Å². The van der Waals surface area contributed by atoms with Gasteiger partial charge in [-0.05, 0) is 30.7 Å². The third-order valence-electron chi connectivity index (χ3n) is 3.23. The van der Waals surface area contributed by atoms with Crippen molar-refractivity contribution < 1.29 is 14.6 Å². The van der Waals surface area contributed by atoms with Crippen LogP contribution >= 0.6 is 15.9 Å². The number of aromatic nitrogens is 1. The zero-order valence-corrected chi connectivity index (χ0v) is 13.1. The number of nitrogens with one attached hydrogen (secondary N) is 1. The average Bonchev–Trinajstić information content (AvgIpc) is 2.47. The number of aliphatic hydroxyl groups excluding tert-OH is 1. The lowest BCUT2D eigenvalue weighted by Crippen LogP contribution is -2.15. The molecule has 1 aromatic carbocycles. The number of halogens is 2. The van der Waals surface area contributed by atoms with Crippen LogP contribution in [-0.2, 0) is 19.7 Å². The standard InChI is InChI=1S/C15H16BrFN2O2/c1-9-15(21)13(11(8-20)6-19-9)7-18-5-10-4-12(17)2-3-14(10)16/h2-4,6,18,20-21H,5,7-8H2,1H3. The first-order valence-corrected chi connectivity index (χ1v) is 7.24. The van der Waals surface area contributed by atoms with Gasteiger partial charge in [-0.25, -0.2) is 4.39 Å². The lowest BCUT2D eigenvalue weighted by molar-refractivity contribution is 0.278. The van der Waals surface area contributed by atoms with Gasteiger partial charge in [0.05, 0.1) is 12.3 Å². The Hall–Kier alpha value is -1.50. The Balaban J connectivity index is 2.10. The topological polar surface area (TPSA) is 65.4 Å². The molecule has 0 fully saturated rings. The van der Waals surface area contributed by atoms with Gasteiger partial charge >= 0.3 is 0 Å². The Bertz CT molecular complexity index is 650. The zero-order chi connectivity index (χ0) is 15.4. The Kier molecular flexibility index (Phi) is 5.27. The van der Waals surface area contributed by atoms with Crippen molar-refractivity contribution >= 4 is 15.9 Å². The average molecular weight is 355 g/mol. The number of hydrogen-bond donors (Lipinski definition) is 3. The van der Waals surface area contributed by atoms with Crippen LogP contribution in [0.1, 0.15) is 22.4 Å². The molecule has 0 radical (unpaired) electrons. The van der Waals surface area contributed by atoms with Gasteiger partial charge in [0.15, 0.2) is 0 Å². The van der Waals surface area contributed by atoms with Crippen molar-refractivity contribution in [2.24, 2.45) is 0 Å². The lowest BCUT2D eigenvalue weighted by atomic mass is 10.1. The maximum atomic E-state index is 13.2. The number of pyridine rings is 1. The van der Waals surface area contributed by atoms with Crippen LogP contribution in [0.15, 0.2) is 28.9 Å². The predicted octanol–water partition coefficient (Wildman–Crippen LogP) is 2.78. The second-order valence-corrected chi connectivity index (χ2v) is 5.55. The minimum Gasteiger partial charge on any atom is -0.506 e. The van der Waals surface area contributed by atoms with Crippen molar-refractivity contribution in [2.75, 3.05) is 0 Å². The summed E-state index contributed by atoms with van der Waals surface area (Å²) in [5, 5.41) is 22.5. The van der Waals surface area contributed by atoms with Crippen LogP contribution in [0.2, 0.25) is 0 Å². The van der Waals surface area contributed by atoms with Crippen LogP contribution in [0.4, 0.5) is 4.39 Å². The lowest BCUT2D eigenvalue weighted by Gasteiger charge is -2.13. The van der Waals surface area contributed by atoms with Gasteiger partial charge in [0, 0.05) is 34.9 Å². The third kappa shape index (κ3) is 3.78. The van der Waals surface area contributed by atoms with E-state index >= 15 is 0 Å². The number of aryl methyl sites for hydroxylation is 1. The van der Waals surface area contributed by atoms with Gasteiger partial charge in [-0.1, -0.05) is 15.9 Å². The van der Waals surface area contributed by atoms with E-state index < -0.39 is 0 Å². The van der Waals surface area contributed by atoms with E-state index in [-0.39, 0.29) is 18.2 Å². The summed E-state index contributed by atoms with van der Waals surface area (Å²) in [5.74, 6) is -0.221. The van der Waals surface area contributed by atoms with E-state index in [0.717, 1.165) is 10.0 Å². The van der Waals surface area contributed by atoms with Crippen molar-refractivity contribution in [3.8, 4) is 5.75 Å². The first-order chi connectivity index (χ1) is 10.0. The van der Waals surface area contributed by atoms with E-state index in [1.165, 1.54) is 12.1 Å². The molecule has 1 aromatic heterocycles. The van der Waals surface area contributed by atoms with Crippen molar-refractivity contribution in [1.29, 1.82) is 0 Å². The molecular weight excluding hydrogens is 339 g/mol. The molecule has 112 valence electrons. The van der Waals surface area contributed by atoms with Gasteiger partial charge in [-0.3, -0.25) is 4.98 Å². The number of aliphatic hydroxyl groups is 1. The van der Waals surface area contributed by atoms with Crippen molar-refractivity contribution in [3.05, 3.63) is 57.1 Å². The molecule has 0 spiro atoms. The van der Waals surface area contributed by atoms with Crippen LogP contribution in [0.25, 0.3) is 0 Å². The predicted molar refractivity (Wildman–Crippen MR) is 81.2 cm³/mol. The summed E-state index contributed by atoms with van der Waals surface area (Å²) in [6, 6.07) is 4.48. The summed E-state index contributed by atoms with van der Waals surface area (Å²) in [6.07, 6.45) is 1.55. The Labute approximate surface area is 130 Å². The molecule has 0 saturated carbocycles. The van der Waals surface area contributed by atoms with Crippen LogP contribution in [0, 0.1) is 12.7 Å². The molecule has 0 unspecified atom stereocenters. The molecule has 0 saturated heterocycles. The van der Waals surface area contributed by atoms with Crippen molar-refractivity contribution in [2.45, 2.75) is 26.6 Å². The van der Waals surface area contributed by atoms with Crippen LogP contribution in [0.5, 0.6) is 5.75 Å². The SMILES string of the molecule is Cc1ncc(CO)c(CNCc2cc(F)ccc2Br)c1O. The fourth-order valence-corrected chi connectivity index (χ4v) is 2.41. The summed E-state index contributed by atoms with van der Waals surface area (Å²) in [6.45, 7) is 2.29. The number of hydrogen-bond acceptors (Lipinski definition) is 4. The van der Waals surface area contributed by atoms with Crippen LogP contribution in [0.3, 0.4) is 0 Å². The molecule has 0 aliphatic heterocycles. The molecule has 6 heteroatoms. The molecule has 0 atom stereocenters. The molecule has 0 amide bonds. The van der Waals surface area contributed by atoms with Gasteiger partial charge < -0.3 is 15.5 Å². The number of aromatic hydroxyl groups is 1. The monoisotopic (exact) mass is 354 g/mol. The fourth-order valence-electron chi connectivity index (χ4n) is 2.02. The molecule has 21 heavy (non-hydrogen) atoms. The molecule has 0 aliphatic carbocycles. The highest BCUT2D eigenvalue weighted by molar-refractivity contribution is 9.10. The largest absolute Gasteiger partial charge is 0.506 e. The second-order valence-electron chi connectivity index (χ2n) is 4.69. The van der Waals surface area contributed by atoms with E-state index in [1.807, 2.05) is 0 Å². The van der Waals surface area contributed by atoms with E-state index in [9.17, 15) is 14.6 Å². The van der Waals surface area contributed by atoms with E-state index in [2.05, 4.69) is 26.2 Å². The fraction of sp³-hybridized carbons (Fsp3) is 0.267. The first-order valence-electron chi connectivity index (χ1n) is 6.44. The molecule has 2 aromatic rings. The minimum atomic E-state index is -0.298. The van der Waals surface area contributed by atoms with Gasteiger partial charge in [0.1, 0.15) is 11.6 Å². The normalized spacial score (nSPS) is 10.9. The van der Waals surface area contributed by atoms with Gasteiger partial charge in [-0.2, -0.15) is 0 Å². The zero-order valence-electron chi connectivity index (χ0n) is 11.5.